The molecule has 1 aromatic rings. The summed E-state index contributed by atoms with van der Waals surface area (Å²) in [6, 6.07) is 1.24. The Balaban J connectivity index is 2.24. The Bertz CT molecular complexity index is 600. The van der Waals surface area contributed by atoms with Gasteiger partial charge in [-0.05, 0) is 25.8 Å². The molecule has 0 spiro atoms. The zero-order valence-electron chi connectivity index (χ0n) is 10.5. The second-order valence-corrected chi connectivity index (χ2v) is 6.91. The third-order valence-corrected chi connectivity index (χ3v) is 4.93. The molecule has 0 aromatic carbocycles. The van der Waals surface area contributed by atoms with Crippen molar-refractivity contribution in [3.63, 3.8) is 0 Å². The number of hydrogen-bond donors (Lipinski definition) is 1. The van der Waals surface area contributed by atoms with Gasteiger partial charge in [0.05, 0.1) is 16.4 Å². The van der Waals surface area contributed by atoms with Crippen LogP contribution in [0.4, 0.5) is 11.5 Å². The maximum absolute atomic E-state index is 11.5. The van der Waals surface area contributed by atoms with Crippen molar-refractivity contribution >= 4 is 21.3 Å². The Kier molecular flexibility index (Phi) is 3.70. The first-order chi connectivity index (χ1) is 8.89. The summed E-state index contributed by atoms with van der Waals surface area (Å²) in [7, 11) is -3.06. The molecule has 19 heavy (non-hydrogen) atoms. The van der Waals surface area contributed by atoms with Gasteiger partial charge < -0.3 is 5.32 Å². The van der Waals surface area contributed by atoms with Gasteiger partial charge in [0.2, 0.25) is 5.82 Å². The monoisotopic (exact) mass is 285 g/mol. The molecule has 1 N–H and O–H groups in total. The molecule has 2 rings (SSSR count). The third-order valence-electron chi connectivity index (χ3n) is 3.11. The number of aryl methyl sites for hydroxylation is 1. The first-order valence-electron chi connectivity index (χ1n) is 5.96. The minimum Gasteiger partial charge on any atom is -0.361 e. The lowest BCUT2D eigenvalue weighted by atomic mass is 10.1. The summed E-state index contributed by atoms with van der Waals surface area (Å²) in [5, 5.41) is 13.9. The fourth-order valence-electron chi connectivity index (χ4n) is 2.22. The molecule has 0 amide bonds. The van der Waals surface area contributed by atoms with E-state index in [0.29, 0.717) is 18.4 Å². The van der Waals surface area contributed by atoms with Gasteiger partial charge in [-0.25, -0.2) is 13.4 Å². The molecule has 1 atom stereocenters. The molecule has 7 nitrogen and oxygen atoms in total. The van der Waals surface area contributed by atoms with Gasteiger partial charge in [-0.3, -0.25) is 10.1 Å². The largest absolute Gasteiger partial charge is 0.361 e. The van der Waals surface area contributed by atoms with Crippen molar-refractivity contribution in [2.24, 2.45) is 0 Å². The minimum atomic E-state index is -3.06. The average Bonchev–Trinajstić information content (AvgIpc) is 2.26. The number of rotatable bonds is 3. The molecule has 1 aliphatic rings. The van der Waals surface area contributed by atoms with E-state index in [1.165, 1.54) is 6.20 Å². The van der Waals surface area contributed by atoms with Crippen molar-refractivity contribution in [2.45, 2.75) is 25.8 Å². The molecule has 1 saturated heterocycles. The van der Waals surface area contributed by atoms with Crippen LogP contribution in [0.5, 0.6) is 0 Å². The highest BCUT2D eigenvalue weighted by Gasteiger charge is 2.27. The van der Waals surface area contributed by atoms with Crippen LogP contribution >= 0.6 is 0 Å². The molecule has 0 aliphatic carbocycles. The van der Waals surface area contributed by atoms with Crippen molar-refractivity contribution in [3.05, 3.63) is 27.9 Å². The molecule has 104 valence electrons. The van der Waals surface area contributed by atoms with Crippen molar-refractivity contribution in [1.82, 2.24) is 4.98 Å². The number of nitro groups is 1. The average molecular weight is 285 g/mol. The Morgan fingerprint density at radius 3 is 2.89 bits per heavy atom. The van der Waals surface area contributed by atoms with Crippen LogP contribution in [0.3, 0.4) is 0 Å². The number of pyridine rings is 1. The summed E-state index contributed by atoms with van der Waals surface area (Å²) in [5.41, 5.74) is 0.409. The number of aromatic nitrogens is 1. The Morgan fingerprint density at radius 1 is 1.53 bits per heavy atom. The van der Waals surface area contributed by atoms with Crippen LogP contribution < -0.4 is 5.32 Å². The number of nitrogens with zero attached hydrogens (tertiary/aromatic N) is 2. The fourth-order valence-corrected chi connectivity index (χ4v) is 3.85. The fraction of sp³-hybridized carbons (Fsp3) is 0.545. The Hall–Kier alpha value is -1.70. The van der Waals surface area contributed by atoms with Gasteiger partial charge in [0.15, 0.2) is 9.84 Å². The summed E-state index contributed by atoms with van der Waals surface area (Å²) in [4.78, 5) is 14.5. The maximum atomic E-state index is 11.5. The normalized spacial score (nSPS) is 21.8. The Labute approximate surface area is 111 Å². The summed E-state index contributed by atoms with van der Waals surface area (Å²) in [6.45, 7) is 1.63. The number of anilines is 1. The van der Waals surface area contributed by atoms with Crippen LogP contribution in [-0.4, -0.2) is 35.9 Å². The van der Waals surface area contributed by atoms with Gasteiger partial charge >= 0.3 is 5.69 Å². The summed E-state index contributed by atoms with van der Waals surface area (Å²) < 4.78 is 23.1. The van der Waals surface area contributed by atoms with Gasteiger partial charge in [-0.15, -0.1) is 0 Å². The van der Waals surface area contributed by atoms with Crippen LogP contribution in [0.25, 0.3) is 0 Å². The van der Waals surface area contributed by atoms with Crippen LogP contribution in [0, 0.1) is 17.0 Å². The zero-order chi connectivity index (χ0) is 14.0. The smallest absolute Gasteiger partial charge is 0.314 e. The molecule has 1 aliphatic heterocycles. The van der Waals surface area contributed by atoms with Crippen molar-refractivity contribution in [1.29, 1.82) is 0 Å². The second-order valence-electron chi connectivity index (χ2n) is 4.68. The predicted octanol–water partition coefficient (Wildman–Crippen LogP) is 1.29. The molecule has 0 saturated carbocycles. The maximum Gasteiger partial charge on any atom is 0.314 e. The van der Waals surface area contributed by atoms with E-state index in [9.17, 15) is 18.5 Å². The van der Waals surface area contributed by atoms with E-state index in [1.807, 2.05) is 0 Å². The van der Waals surface area contributed by atoms with E-state index in [2.05, 4.69) is 10.3 Å². The minimum absolute atomic E-state index is 0.000222. The lowest BCUT2D eigenvalue weighted by Crippen LogP contribution is -2.35. The quantitative estimate of drug-likeness (QED) is 0.663. The van der Waals surface area contributed by atoms with Gasteiger partial charge in [0.25, 0.3) is 0 Å². The summed E-state index contributed by atoms with van der Waals surface area (Å²) in [6.07, 6.45) is 2.72. The number of hydrogen-bond acceptors (Lipinski definition) is 6. The van der Waals surface area contributed by atoms with E-state index >= 15 is 0 Å². The molecule has 0 radical (unpaired) electrons. The van der Waals surface area contributed by atoms with Crippen molar-refractivity contribution in [3.8, 4) is 0 Å². The third kappa shape index (κ3) is 3.19. The van der Waals surface area contributed by atoms with Gasteiger partial charge in [0.1, 0.15) is 0 Å². The second kappa shape index (κ2) is 5.12. The molecular formula is C11H15N3O4S. The van der Waals surface area contributed by atoms with E-state index < -0.39 is 14.8 Å². The van der Waals surface area contributed by atoms with Crippen LogP contribution in [0.2, 0.25) is 0 Å². The lowest BCUT2D eigenvalue weighted by Gasteiger charge is -2.23. The lowest BCUT2D eigenvalue weighted by molar-refractivity contribution is -0.384. The van der Waals surface area contributed by atoms with E-state index in [0.717, 1.165) is 0 Å². The molecule has 8 heteroatoms. The molecule has 0 bridgehead atoms. The highest BCUT2D eigenvalue weighted by molar-refractivity contribution is 7.91. The van der Waals surface area contributed by atoms with Gasteiger partial charge in [-0.1, -0.05) is 0 Å². The molecule has 1 unspecified atom stereocenters. The predicted molar refractivity (Wildman–Crippen MR) is 70.9 cm³/mol. The molecule has 2 heterocycles. The summed E-state index contributed by atoms with van der Waals surface area (Å²) >= 11 is 0. The summed E-state index contributed by atoms with van der Waals surface area (Å²) in [5.74, 6) is 0.334. The molecular weight excluding hydrogens is 270 g/mol. The van der Waals surface area contributed by atoms with Crippen LogP contribution in [0.1, 0.15) is 18.4 Å². The number of sulfone groups is 1. The highest BCUT2D eigenvalue weighted by atomic mass is 32.2. The zero-order valence-corrected chi connectivity index (χ0v) is 11.3. The first-order valence-corrected chi connectivity index (χ1v) is 7.78. The topological polar surface area (TPSA) is 102 Å². The van der Waals surface area contributed by atoms with Gasteiger partial charge in [-0.2, -0.15) is 0 Å². The standard InChI is InChI=1S/C11H15N3O4S/c1-8-4-5-12-11(10(8)14(15)16)13-9-3-2-6-19(17,18)7-9/h4-5,9H,2-3,6-7H2,1H3,(H,12,13). The van der Waals surface area contributed by atoms with Crippen molar-refractivity contribution in [2.75, 3.05) is 16.8 Å². The van der Waals surface area contributed by atoms with E-state index in [-0.39, 0.29) is 29.1 Å². The van der Waals surface area contributed by atoms with Crippen LogP contribution in [0.15, 0.2) is 12.3 Å². The van der Waals surface area contributed by atoms with Crippen LogP contribution in [-0.2, 0) is 9.84 Å². The molecule has 1 aromatic heterocycles. The Morgan fingerprint density at radius 2 is 2.26 bits per heavy atom. The van der Waals surface area contributed by atoms with Crippen molar-refractivity contribution < 1.29 is 13.3 Å². The van der Waals surface area contributed by atoms with E-state index in [1.54, 1.807) is 13.0 Å². The van der Waals surface area contributed by atoms with Gasteiger partial charge in [0, 0.05) is 17.8 Å². The SMILES string of the molecule is Cc1ccnc(NC2CCCS(=O)(=O)C2)c1[N+](=O)[O-]. The molecule has 1 fully saturated rings. The highest BCUT2D eigenvalue weighted by Crippen LogP contribution is 2.27. The number of nitrogens with one attached hydrogen (secondary N) is 1. The van der Waals surface area contributed by atoms with E-state index in [4.69, 9.17) is 0 Å². The first kappa shape index (κ1) is 13.7.